The molecule has 3 aromatic rings. The van der Waals surface area contributed by atoms with Crippen molar-refractivity contribution in [2.24, 2.45) is 0 Å². The van der Waals surface area contributed by atoms with Crippen molar-refractivity contribution in [1.29, 1.82) is 0 Å². The number of hydrogen-bond donors (Lipinski definition) is 2. The number of ether oxygens (including phenoxy) is 1. The third-order valence-corrected chi connectivity index (χ3v) is 4.49. The molecule has 1 aliphatic heterocycles. The minimum absolute atomic E-state index is 0.0803. The molecule has 3 heterocycles. The predicted molar refractivity (Wildman–Crippen MR) is 105 cm³/mol. The molecule has 1 aromatic carbocycles. The van der Waals surface area contributed by atoms with Gasteiger partial charge in [0.2, 0.25) is 0 Å². The number of hydrogen-bond acceptors (Lipinski definition) is 4. The smallest absolute Gasteiger partial charge is 0.143 e. The summed E-state index contributed by atoms with van der Waals surface area (Å²) in [4.78, 5) is 13.1. The summed E-state index contributed by atoms with van der Waals surface area (Å²) in [5.41, 5.74) is 5.72. The quantitative estimate of drug-likeness (QED) is 0.713. The van der Waals surface area contributed by atoms with Crippen LogP contribution in [0.1, 0.15) is 32.3 Å². The third kappa shape index (κ3) is 3.05. The minimum Gasteiger partial charge on any atom is -0.490 e. The zero-order valence-corrected chi connectivity index (χ0v) is 15.7. The number of rotatable bonds is 2. The SMILES string of the molecule is Cc1cccc(-c2[nH]c(C(C)(C)C)nc2-c2ccc3c(c2)OCCN3)n1. The minimum atomic E-state index is -0.0803. The van der Waals surface area contributed by atoms with Gasteiger partial charge in [0, 0.05) is 23.2 Å². The van der Waals surface area contributed by atoms with Crippen LogP contribution in [0.5, 0.6) is 5.75 Å². The van der Waals surface area contributed by atoms with Gasteiger partial charge in [-0.2, -0.15) is 0 Å². The lowest BCUT2D eigenvalue weighted by Gasteiger charge is -2.19. The standard InChI is InChI=1S/C21H24N4O/c1-13-6-5-7-16(23-13)19-18(24-20(25-19)21(2,3)4)14-8-9-15-17(12-14)26-11-10-22-15/h5-9,12,22H,10-11H2,1-4H3,(H,24,25). The number of pyridine rings is 1. The Kier molecular flexibility index (Phi) is 3.94. The van der Waals surface area contributed by atoms with Crippen molar-refractivity contribution < 1.29 is 4.74 Å². The molecule has 0 bridgehead atoms. The van der Waals surface area contributed by atoms with E-state index in [2.05, 4.69) is 49.3 Å². The number of nitrogens with zero attached hydrogens (tertiary/aromatic N) is 2. The molecule has 5 nitrogen and oxygen atoms in total. The second-order valence-corrected chi connectivity index (χ2v) is 7.71. The van der Waals surface area contributed by atoms with Gasteiger partial charge in [-0.1, -0.05) is 32.9 Å². The highest BCUT2D eigenvalue weighted by atomic mass is 16.5. The fourth-order valence-corrected chi connectivity index (χ4v) is 3.09. The molecule has 134 valence electrons. The Hall–Kier alpha value is -2.82. The van der Waals surface area contributed by atoms with E-state index in [9.17, 15) is 0 Å². The Morgan fingerprint density at radius 1 is 1.08 bits per heavy atom. The van der Waals surface area contributed by atoms with E-state index in [4.69, 9.17) is 14.7 Å². The Morgan fingerprint density at radius 2 is 1.92 bits per heavy atom. The monoisotopic (exact) mass is 348 g/mol. The van der Waals surface area contributed by atoms with Crippen molar-refractivity contribution in [3.63, 3.8) is 0 Å². The average molecular weight is 348 g/mol. The number of anilines is 1. The largest absolute Gasteiger partial charge is 0.490 e. The van der Waals surface area contributed by atoms with Gasteiger partial charge >= 0.3 is 0 Å². The van der Waals surface area contributed by atoms with E-state index in [1.165, 1.54) is 0 Å². The van der Waals surface area contributed by atoms with E-state index in [0.717, 1.165) is 52.1 Å². The summed E-state index contributed by atoms with van der Waals surface area (Å²) >= 11 is 0. The molecule has 2 aromatic heterocycles. The number of aromatic nitrogens is 3. The van der Waals surface area contributed by atoms with Gasteiger partial charge < -0.3 is 15.0 Å². The first-order valence-electron chi connectivity index (χ1n) is 8.97. The maximum absolute atomic E-state index is 5.81. The van der Waals surface area contributed by atoms with Gasteiger partial charge in [-0.05, 0) is 31.2 Å². The molecule has 0 saturated heterocycles. The number of aromatic amines is 1. The first-order valence-corrected chi connectivity index (χ1v) is 8.97. The molecule has 0 atom stereocenters. The van der Waals surface area contributed by atoms with Gasteiger partial charge in [0.05, 0.1) is 22.8 Å². The molecule has 4 rings (SSSR count). The van der Waals surface area contributed by atoms with Gasteiger partial charge in [0.1, 0.15) is 18.2 Å². The van der Waals surface area contributed by atoms with Crippen molar-refractivity contribution in [3.8, 4) is 28.4 Å². The number of imidazole rings is 1. The van der Waals surface area contributed by atoms with E-state index in [1.54, 1.807) is 0 Å². The molecule has 0 aliphatic carbocycles. The lowest BCUT2D eigenvalue weighted by molar-refractivity contribution is 0.323. The fourth-order valence-electron chi connectivity index (χ4n) is 3.09. The molecule has 0 spiro atoms. The van der Waals surface area contributed by atoms with Crippen LogP contribution >= 0.6 is 0 Å². The van der Waals surface area contributed by atoms with E-state index in [1.807, 2.05) is 25.1 Å². The van der Waals surface area contributed by atoms with Crippen molar-refractivity contribution in [2.45, 2.75) is 33.1 Å². The van der Waals surface area contributed by atoms with Crippen LogP contribution in [0, 0.1) is 6.92 Å². The van der Waals surface area contributed by atoms with Crippen LogP contribution in [0.25, 0.3) is 22.6 Å². The van der Waals surface area contributed by atoms with Crippen LogP contribution < -0.4 is 10.1 Å². The third-order valence-electron chi connectivity index (χ3n) is 4.49. The predicted octanol–water partition coefficient (Wildman–Crippen LogP) is 4.55. The first-order chi connectivity index (χ1) is 12.4. The van der Waals surface area contributed by atoms with Crippen molar-refractivity contribution >= 4 is 5.69 Å². The van der Waals surface area contributed by atoms with Crippen molar-refractivity contribution in [2.75, 3.05) is 18.5 Å². The van der Waals surface area contributed by atoms with Crippen LogP contribution in [-0.2, 0) is 5.41 Å². The van der Waals surface area contributed by atoms with Gasteiger partial charge in [-0.25, -0.2) is 4.98 Å². The molecule has 2 N–H and O–H groups in total. The van der Waals surface area contributed by atoms with Gasteiger partial charge in [0.25, 0.3) is 0 Å². The van der Waals surface area contributed by atoms with E-state index in [0.29, 0.717) is 6.61 Å². The number of benzene rings is 1. The first kappa shape index (κ1) is 16.6. The molecular weight excluding hydrogens is 324 g/mol. The second kappa shape index (κ2) is 6.16. The van der Waals surface area contributed by atoms with E-state index >= 15 is 0 Å². The molecule has 0 radical (unpaired) electrons. The summed E-state index contributed by atoms with van der Waals surface area (Å²) in [6, 6.07) is 12.3. The van der Waals surface area contributed by atoms with Crippen molar-refractivity contribution in [3.05, 3.63) is 47.9 Å². The molecule has 0 amide bonds. The zero-order valence-electron chi connectivity index (χ0n) is 15.7. The molecule has 0 saturated carbocycles. The van der Waals surface area contributed by atoms with Crippen LogP contribution in [0.15, 0.2) is 36.4 Å². The fraction of sp³-hybridized carbons (Fsp3) is 0.333. The van der Waals surface area contributed by atoms with Crippen LogP contribution in [0.3, 0.4) is 0 Å². The highest BCUT2D eigenvalue weighted by Gasteiger charge is 2.24. The molecule has 0 unspecified atom stereocenters. The van der Waals surface area contributed by atoms with Crippen LogP contribution in [0.2, 0.25) is 0 Å². The number of nitrogens with one attached hydrogen (secondary N) is 2. The Labute approximate surface area is 153 Å². The maximum Gasteiger partial charge on any atom is 0.143 e. The van der Waals surface area contributed by atoms with Gasteiger partial charge in [0.15, 0.2) is 0 Å². The molecule has 0 fully saturated rings. The molecular formula is C21H24N4O. The Morgan fingerprint density at radius 3 is 2.69 bits per heavy atom. The van der Waals surface area contributed by atoms with Gasteiger partial charge in [-0.15, -0.1) is 0 Å². The topological polar surface area (TPSA) is 62.8 Å². The maximum atomic E-state index is 5.81. The normalized spacial score (nSPS) is 13.7. The summed E-state index contributed by atoms with van der Waals surface area (Å²) in [6.45, 7) is 9.98. The molecule has 1 aliphatic rings. The van der Waals surface area contributed by atoms with Crippen molar-refractivity contribution in [1.82, 2.24) is 15.0 Å². The summed E-state index contributed by atoms with van der Waals surface area (Å²) in [7, 11) is 0. The Bertz CT molecular complexity index is 953. The second-order valence-electron chi connectivity index (χ2n) is 7.71. The Balaban J connectivity index is 1.88. The summed E-state index contributed by atoms with van der Waals surface area (Å²) in [5, 5.41) is 3.36. The lowest BCUT2D eigenvalue weighted by atomic mass is 9.96. The van der Waals surface area contributed by atoms with E-state index < -0.39 is 0 Å². The zero-order chi connectivity index (χ0) is 18.3. The lowest BCUT2D eigenvalue weighted by Crippen LogP contribution is -2.17. The van der Waals surface area contributed by atoms with E-state index in [-0.39, 0.29) is 5.41 Å². The summed E-state index contributed by atoms with van der Waals surface area (Å²) in [6.07, 6.45) is 0. The summed E-state index contributed by atoms with van der Waals surface area (Å²) < 4.78 is 5.81. The highest BCUT2D eigenvalue weighted by molar-refractivity contribution is 5.79. The number of H-pyrrole nitrogens is 1. The number of fused-ring (bicyclic) bond motifs is 1. The molecule has 5 heteroatoms. The van der Waals surface area contributed by atoms with Crippen LogP contribution in [-0.4, -0.2) is 28.1 Å². The summed E-state index contributed by atoms with van der Waals surface area (Å²) in [5.74, 6) is 1.82. The molecule has 26 heavy (non-hydrogen) atoms. The number of aryl methyl sites for hydroxylation is 1. The highest BCUT2D eigenvalue weighted by Crippen LogP contribution is 2.37. The van der Waals surface area contributed by atoms with Gasteiger partial charge in [-0.3, -0.25) is 4.98 Å². The van der Waals surface area contributed by atoms with Crippen LogP contribution in [0.4, 0.5) is 5.69 Å². The average Bonchev–Trinajstić information content (AvgIpc) is 3.07.